The molecule has 0 spiro atoms. The summed E-state index contributed by atoms with van der Waals surface area (Å²) in [5.74, 6) is -0.713. The first-order valence-corrected chi connectivity index (χ1v) is 10.1. The molecule has 0 fully saturated rings. The molecule has 2 rings (SSSR count). The highest BCUT2D eigenvalue weighted by Crippen LogP contribution is 2.24. The van der Waals surface area contributed by atoms with Gasteiger partial charge < -0.3 is 0 Å². The molecule has 0 heterocycles. The summed E-state index contributed by atoms with van der Waals surface area (Å²) in [6, 6.07) is 11.8. The van der Waals surface area contributed by atoms with E-state index >= 15 is 0 Å². The average molecular weight is 373 g/mol. The van der Waals surface area contributed by atoms with Crippen molar-refractivity contribution >= 4 is 31.6 Å². The largest absolute Gasteiger partial charge is 0.299 e. The van der Waals surface area contributed by atoms with Gasteiger partial charge >= 0.3 is 0 Å². The molecule has 0 aliphatic carbocycles. The van der Waals surface area contributed by atoms with E-state index < -0.39 is 26.0 Å². The van der Waals surface area contributed by atoms with Crippen LogP contribution in [0.5, 0.6) is 0 Å². The normalized spacial score (nSPS) is 11.9. The molecule has 0 aliphatic heterocycles. The number of benzene rings is 2. The predicted molar refractivity (Wildman–Crippen MR) is 90.7 cm³/mol. The van der Waals surface area contributed by atoms with Crippen molar-refractivity contribution in [2.24, 2.45) is 0 Å². The van der Waals surface area contributed by atoms with Gasteiger partial charge in [-0.2, -0.15) is 13.1 Å². The Kier molecular flexibility index (Phi) is 5.42. The van der Waals surface area contributed by atoms with E-state index in [0.717, 1.165) is 30.0 Å². The van der Waals surface area contributed by atoms with Crippen molar-refractivity contribution < 1.29 is 21.2 Å². The second-order valence-corrected chi connectivity index (χ2v) is 8.22. The van der Waals surface area contributed by atoms with Gasteiger partial charge in [0.05, 0.1) is 17.6 Å². The van der Waals surface area contributed by atoms with E-state index in [4.69, 9.17) is 0 Å². The lowest BCUT2D eigenvalue weighted by molar-refractivity contribution is 0.586. The Labute approximate surface area is 140 Å². The number of anilines is 2. The van der Waals surface area contributed by atoms with Crippen molar-refractivity contribution in [2.75, 3.05) is 15.7 Å². The number of sulfonamides is 1. The molecule has 7 nitrogen and oxygen atoms in total. The summed E-state index contributed by atoms with van der Waals surface area (Å²) < 4.78 is 66.7. The molecule has 24 heavy (non-hydrogen) atoms. The van der Waals surface area contributed by atoms with Gasteiger partial charge in [0.1, 0.15) is 5.82 Å². The first kappa shape index (κ1) is 18.2. The van der Waals surface area contributed by atoms with Crippen LogP contribution in [0.2, 0.25) is 0 Å². The first-order valence-electron chi connectivity index (χ1n) is 6.73. The van der Waals surface area contributed by atoms with Crippen LogP contribution in [0.1, 0.15) is 5.56 Å². The van der Waals surface area contributed by atoms with Gasteiger partial charge in [0.25, 0.3) is 10.2 Å². The van der Waals surface area contributed by atoms with Gasteiger partial charge in [-0.3, -0.25) is 9.44 Å². The second-order valence-electron chi connectivity index (χ2n) is 4.98. The molecule has 0 saturated carbocycles. The Morgan fingerprint density at radius 1 is 0.917 bits per heavy atom. The van der Waals surface area contributed by atoms with Gasteiger partial charge in [-0.25, -0.2) is 12.8 Å². The van der Waals surface area contributed by atoms with Crippen LogP contribution in [0.25, 0.3) is 0 Å². The second kappa shape index (κ2) is 7.16. The molecule has 0 saturated heterocycles. The molecule has 10 heteroatoms. The van der Waals surface area contributed by atoms with Crippen LogP contribution < -0.4 is 14.2 Å². The Balaban J connectivity index is 2.18. The summed E-state index contributed by atoms with van der Waals surface area (Å²) in [4.78, 5) is 0. The SMILES string of the molecule is CS(=O)(=O)Nc1ccc(F)cc1NS(=O)(=O)NCc1ccccc1. The highest BCUT2D eigenvalue weighted by Gasteiger charge is 2.15. The van der Waals surface area contributed by atoms with Crippen molar-refractivity contribution in [1.29, 1.82) is 0 Å². The molecule has 130 valence electrons. The number of nitrogens with one attached hydrogen (secondary N) is 3. The molecule has 2 aromatic rings. The maximum Gasteiger partial charge on any atom is 0.299 e. The molecule has 0 bridgehead atoms. The summed E-state index contributed by atoms with van der Waals surface area (Å²) >= 11 is 0. The van der Waals surface area contributed by atoms with Crippen molar-refractivity contribution in [2.45, 2.75) is 6.54 Å². The van der Waals surface area contributed by atoms with Gasteiger partial charge in [0.2, 0.25) is 10.0 Å². The number of hydrogen-bond donors (Lipinski definition) is 3. The van der Waals surface area contributed by atoms with Crippen LogP contribution in [0.3, 0.4) is 0 Å². The Morgan fingerprint density at radius 3 is 2.21 bits per heavy atom. The summed E-state index contributed by atoms with van der Waals surface area (Å²) in [5.41, 5.74) is 0.432. The number of hydrogen-bond acceptors (Lipinski definition) is 4. The van der Waals surface area contributed by atoms with Crippen molar-refractivity contribution in [3.05, 3.63) is 59.9 Å². The zero-order valence-electron chi connectivity index (χ0n) is 12.7. The predicted octanol–water partition coefficient (Wildman–Crippen LogP) is 1.64. The van der Waals surface area contributed by atoms with Gasteiger partial charge in [-0.15, -0.1) is 0 Å². The third-order valence-electron chi connectivity index (χ3n) is 2.83. The van der Waals surface area contributed by atoms with Crippen molar-refractivity contribution in [3.63, 3.8) is 0 Å². The minimum atomic E-state index is -4.03. The zero-order valence-corrected chi connectivity index (χ0v) is 14.3. The topological polar surface area (TPSA) is 104 Å². The van der Waals surface area contributed by atoms with Crippen molar-refractivity contribution in [1.82, 2.24) is 4.72 Å². The molecule has 0 unspecified atom stereocenters. The molecule has 0 amide bonds. The molecule has 0 aliphatic rings. The lowest BCUT2D eigenvalue weighted by atomic mass is 10.2. The minimum Gasteiger partial charge on any atom is -0.282 e. The molecular formula is C14H16FN3O4S2. The van der Waals surface area contributed by atoms with E-state index in [1.54, 1.807) is 30.3 Å². The fourth-order valence-electron chi connectivity index (χ4n) is 1.84. The van der Waals surface area contributed by atoms with Gasteiger partial charge in [0.15, 0.2) is 0 Å². The van der Waals surface area contributed by atoms with Gasteiger partial charge in [0, 0.05) is 12.6 Å². The average Bonchev–Trinajstić information content (AvgIpc) is 2.48. The molecule has 0 atom stereocenters. The zero-order chi connectivity index (χ0) is 17.8. The van der Waals surface area contributed by atoms with Gasteiger partial charge in [-0.1, -0.05) is 30.3 Å². The summed E-state index contributed by atoms with van der Waals surface area (Å²) in [6.45, 7) is 0.0281. The quantitative estimate of drug-likeness (QED) is 0.686. The maximum atomic E-state index is 13.4. The standard InChI is InChI=1S/C14H16FN3O4S2/c1-23(19,20)17-13-8-7-12(15)9-14(13)18-24(21,22)16-10-11-5-3-2-4-6-11/h2-9,16-18H,10H2,1H3. The Hall–Kier alpha value is -2.17. The van der Waals surface area contributed by atoms with E-state index in [1.165, 1.54) is 0 Å². The van der Waals surface area contributed by atoms with Crippen LogP contribution in [0.4, 0.5) is 15.8 Å². The van der Waals surface area contributed by atoms with Gasteiger partial charge in [-0.05, 0) is 17.7 Å². The fraction of sp³-hybridized carbons (Fsp3) is 0.143. The Bertz CT molecular complexity index is 916. The monoisotopic (exact) mass is 373 g/mol. The lowest BCUT2D eigenvalue weighted by Crippen LogP contribution is -2.30. The molecule has 3 N–H and O–H groups in total. The minimum absolute atomic E-state index is 0.0281. The number of rotatable bonds is 7. The third-order valence-corrected chi connectivity index (χ3v) is 4.43. The highest BCUT2D eigenvalue weighted by atomic mass is 32.2. The fourth-order valence-corrected chi connectivity index (χ4v) is 3.31. The van der Waals surface area contributed by atoms with Crippen molar-refractivity contribution in [3.8, 4) is 0 Å². The van der Waals surface area contributed by atoms with E-state index in [-0.39, 0.29) is 17.9 Å². The van der Waals surface area contributed by atoms with E-state index in [1.807, 2.05) is 0 Å². The molecule has 2 aromatic carbocycles. The highest BCUT2D eigenvalue weighted by molar-refractivity contribution is 7.92. The van der Waals surface area contributed by atoms with E-state index in [0.29, 0.717) is 0 Å². The first-order chi connectivity index (χ1) is 11.1. The third kappa shape index (κ3) is 5.80. The summed E-state index contributed by atoms with van der Waals surface area (Å²) in [5, 5.41) is 0. The smallest absolute Gasteiger partial charge is 0.282 e. The summed E-state index contributed by atoms with van der Waals surface area (Å²) in [7, 11) is -7.68. The van der Waals surface area contributed by atoms with Crippen LogP contribution >= 0.6 is 0 Å². The Morgan fingerprint density at radius 2 is 1.58 bits per heavy atom. The lowest BCUT2D eigenvalue weighted by Gasteiger charge is -2.14. The van der Waals surface area contributed by atoms with E-state index in [9.17, 15) is 21.2 Å². The number of halogens is 1. The maximum absolute atomic E-state index is 13.4. The summed E-state index contributed by atoms with van der Waals surface area (Å²) in [6.07, 6.45) is 0.905. The van der Waals surface area contributed by atoms with Crippen LogP contribution in [0.15, 0.2) is 48.5 Å². The van der Waals surface area contributed by atoms with Crippen LogP contribution in [0, 0.1) is 5.82 Å². The molecule has 0 aromatic heterocycles. The van der Waals surface area contributed by atoms with Crippen LogP contribution in [-0.4, -0.2) is 23.1 Å². The van der Waals surface area contributed by atoms with E-state index in [2.05, 4.69) is 14.2 Å². The molecular weight excluding hydrogens is 357 g/mol. The van der Waals surface area contributed by atoms with Crippen LogP contribution in [-0.2, 0) is 26.8 Å². The molecule has 0 radical (unpaired) electrons.